The Balaban J connectivity index is 2.94. The van der Waals surface area contributed by atoms with E-state index >= 15 is 0 Å². The van der Waals surface area contributed by atoms with E-state index in [9.17, 15) is 8.42 Å². The van der Waals surface area contributed by atoms with E-state index in [1.54, 1.807) is 18.5 Å². The van der Waals surface area contributed by atoms with Crippen LogP contribution in [0.3, 0.4) is 0 Å². The maximum Gasteiger partial charge on any atom is 0.236 e. The SMILES string of the molecule is CCS(=O)(=O)N(C)c1nccs1. The molecule has 0 atom stereocenters. The van der Waals surface area contributed by atoms with Crippen LogP contribution >= 0.6 is 11.3 Å². The van der Waals surface area contributed by atoms with E-state index in [1.165, 1.54) is 22.7 Å². The van der Waals surface area contributed by atoms with Crippen LogP contribution in [0.5, 0.6) is 0 Å². The average molecular weight is 206 g/mol. The first-order chi connectivity index (χ1) is 5.58. The van der Waals surface area contributed by atoms with Gasteiger partial charge < -0.3 is 0 Å². The number of hydrogen-bond donors (Lipinski definition) is 0. The maximum atomic E-state index is 11.3. The van der Waals surface area contributed by atoms with Crippen LogP contribution in [0.4, 0.5) is 5.13 Å². The van der Waals surface area contributed by atoms with Crippen LogP contribution in [-0.4, -0.2) is 26.2 Å². The number of hydrogen-bond acceptors (Lipinski definition) is 4. The second-order valence-corrected chi connectivity index (χ2v) is 5.34. The molecule has 68 valence electrons. The van der Waals surface area contributed by atoms with Crippen LogP contribution < -0.4 is 4.31 Å². The number of aromatic nitrogens is 1. The Kier molecular flexibility index (Phi) is 2.69. The molecule has 0 radical (unpaired) electrons. The van der Waals surface area contributed by atoms with Crippen molar-refractivity contribution < 1.29 is 8.42 Å². The molecule has 0 fully saturated rings. The van der Waals surface area contributed by atoms with Crippen LogP contribution in [-0.2, 0) is 10.0 Å². The van der Waals surface area contributed by atoms with Gasteiger partial charge in [-0.3, -0.25) is 0 Å². The van der Waals surface area contributed by atoms with Crippen LogP contribution in [0.15, 0.2) is 11.6 Å². The van der Waals surface area contributed by atoms with Crippen LogP contribution in [0.25, 0.3) is 0 Å². The molecule has 0 amide bonds. The van der Waals surface area contributed by atoms with Gasteiger partial charge in [-0.1, -0.05) is 0 Å². The minimum atomic E-state index is -3.14. The first-order valence-electron chi connectivity index (χ1n) is 3.44. The number of rotatable bonds is 3. The third kappa shape index (κ3) is 1.75. The Morgan fingerprint density at radius 2 is 2.33 bits per heavy atom. The summed E-state index contributed by atoms with van der Waals surface area (Å²) in [5.41, 5.74) is 0. The summed E-state index contributed by atoms with van der Waals surface area (Å²) < 4.78 is 23.8. The van der Waals surface area contributed by atoms with Crippen molar-refractivity contribution in [1.29, 1.82) is 0 Å². The molecule has 1 rings (SSSR count). The highest BCUT2D eigenvalue weighted by Crippen LogP contribution is 2.18. The van der Waals surface area contributed by atoms with Gasteiger partial charge in [0.2, 0.25) is 10.0 Å². The zero-order valence-electron chi connectivity index (χ0n) is 6.89. The van der Waals surface area contributed by atoms with Crippen molar-refractivity contribution in [2.24, 2.45) is 0 Å². The van der Waals surface area contributed by atoms with Gasteiger partial charge in [0.1, 0.15) is 0 Å². The number of anilines is 1. The monoisotopic (exact) mass is 206 g/mol. The molecule has 0 aliphatic heterocycles. The highest BCUT2D eigenvalue weighted by molar-refractivity contribution is 7.92. The first-order valence-corrected chi connectivity index (χ1v) is 5.93. The van der Waals surface area contributed by atoms with Crippen molar-refractivity contribution in [2.75, 3.05) is 17.1 Å². The molecule has 12 heavy (non-hydrogen) atoms. The summed E-state index contributed by atoms with van der Waals surface area (Å²) in [7, 11) is -1.63. The van der Waals surface area contributed by atoms with E-state index in [1.807, 2.05) is 0 Å². The quantitative estimate of drug-likeness (QED) is 0.739. The zero-order chi connectivity index (χ0) is 9.19. The van der Waals surface area contributed by atoms with Gasteiger partial charge in [0.25, 0.3) is 0 Å². The summed E-state index contributed by atoms with van der Waals surface area (Å²) in [6.45, 7) is 1.61. The molecule has 0 spiro atoms. The lowest BCUT2D eigenvalue weighted by atomic mass is 11.0. The van der Waals surface area contributed by atoms with Crippen LogP contribution in [0.2, 0.25) is 0 Å². The fourth-order valence-electron chi connectivity index (χ4n) is 0.684. The molecule has 0 unspecified atom stereocenters. The molecule has 0 bridgehead atoms. The van der Waals surface area contributed by atoms with Gasteiger partial charge in [-0.25, -0.2) is 17.7 Å². The zero-order valence-corrected chi connectivity index (χ0v) is 8.52. The Hall–Kier alpha value is -0.620. The second-order valence-electron chi connectivity index (χ2n) is 2.18. The summed E-state index contributed by atoms with van der Waals surface area (Å²) in [5, 5.41) is 2.26. The summed E-state index contributed by atoms with van der Waals surface area (Å²) >= 11 is 1.31. The van der Waals surface area contributed by atoms with Crippen LogP contribution in [0.1, 0.15) is 6.92 Å². The lowest BCUT2D eigenvalue weighted by Crippen LogP contribution is -2.27. The lowest BCUT2D eigenvalue weighted by molar-refractivity contribution is 0.595. The highest BCUT2D eigenvalue weighted by atomic mass is 32.2. The van der Waals surface area contributed by atoms with Gasteiger partial charge in [0, 0.05) is 18.6 Å². The molecule has 1 aromatic heterocycles. The topological polar surface area (TPSA) is 50.3 Å². The van der Waals surface area contributed by atoms with Gasteiger partial charge in [0.05, 0.1) is 5.75 Å². The normalized spacial score (nSPS) is 11.5. The minimum Gasteiger partial charge on any atom is -0.248 e. The first kappa shape index (κ1) is 9.47. The fourth-order valence-corrected chi connectivity index (χ4v) is 2.34. The molecule has 6 heteroatoms. The van der Waals surface area contributed by atoms with Gasteiger partial charge in [-0.05, 0) is 6.92 Å². The number of sulfonamides is 1. The Morgan fingerprint density at radius 3 is 2.75 bits per heavy atom. The van der Waals surface area contributed by atoms with Crippen molar-refractivity contribution in [3.63, 3.8) is 0 Å². The van der Waals surface area contributed by atoms with Crippen molar-refractivity contribution >= 4 is 26.5 Å². The van der Waals surface area contributed by atoms with Crippen molar-refractivity contribution in [3.8, 4) is 0 Å². The van der Waals surface area contributed by atoms with Crippen molar-refractivity contribution in [3.05, 3.63) is 11.6 Å². The van der Waals surface area contributed by atoms with E-state index in [0.717, 1.165) is 0 Å². The molecule has 0 saturated heterocycles. The van der Waals surface area contributed by atoms with E-state index in [4.69, 9.17) is 0 Å². The Morgan fingerprint density at radius 1 is 1.67 bits per heavy atom. The van der Waals surface area contributed by atoms with Gasteiger partial charge in [0.15, 0.2) is 5.13 Å². The summed E-state index contributed by atoms with van der Waals surface area (Å²) in [5.74, 6) is 0.100. The van der Waals surface area contributed by atoms with E-state index in [0.29, 0.717) is 5.13 Å². The molecule has 4 nitrogen and oxygen atoms in total. The smallest absolute Gasteiger partial charge is 0.236 e. The van der Waals surface area contributed by atoms with E-state index in [2.05, 4.69) is 4.98 Å². The molecule has 0 saturated carbocycles. The van der Waals surface area contributed by atoms with Crippen molar-refractivity contribution in [2.45, 2.75) is 6.92 Å². The van der Waals surface area contributed by atoms with Gasteiger partial charge in [-0.15, -0.1) is 11.3 Å². The molecular weight excluding hydrogens is 196 g/mol. The van der Waals surface area contributed by atoms with E-state index < -0.39 is 10.0 Å². The molecule has 1 heterocycles. The Bertz CT molecular complexity index is 330. The second kappa shape index (κ2) is 3.40. The average Bonchev–Trinajstić information content (AvgIpc) is 2.55. The molecule has 0 aliphatic carbocycles. The summed E-state index contributed by atoms with van der Waals surface area (Å²) in [4.78, 5) is 3.90. The van der Waals surface area contributed by atoms with Gasteiger partial charge in [-0.2, -0.15) is 0 Å². The Labute approximate surface area is 75.9 Å². The van der Waals surface area contributed by atoms with Crippen LogP contribution in [0, 0.1) is 0 Å². The van der Waals surface area contributed by atoms with E-state index in [-0.39, 0.29) is 5.75 Å². The maximum absolute atomic E-state index is 11.3. The molecule has 0 aromatic carbocycles. The third-order valence-electron chi connectivity index (χ3n) is 1.47. The summed E-state index contributed by atoms with van der Waals surface area (Å²) in [6.07, 6.45) is 1.58. The fraction of sp³-hybridized carbons (Fsp3) is 0.500. The predicted octanol–water partition coefficient (Wildman–Crippen LogP) is 0.929. The standard InChI is InChI=1S/C6H10N2O2S2/c1-3-12(9,10)8(2)6-7-4-5-11-6/h4-5H,3H2,1-2H3. The number of nitrogens with zero attached hydrogens (tertiary/aromatic N) is 2. The third-order valence-corrected chi connectivity index (χ3v) is 4.17. The number of thiazole rings is 1. The minimum absolute atomic E-state index is 0.100. The lowest BCUT2D eigenvalue weighted by Gasteiger charge is -2.13. The molecule has 1 aromatic rings. The summed E-state index contributed by atoms with van der Waals surface area (Å²) in [6, 6.07) is 0. The largest absolute Gasteiger partial charge is 0.248 e. The van der Waals surface area contributed by atoms with Crippen molar-refractivity contribution in [1.82, 2.24) is 4.98 Å². The highest BCUT2D eigenvalue weighted by Gasteiger charge is 2.16. The predicted molar refractivity (Wildman–Crippen MR) is 50.0 cm³/mol. The van der Waals surface area contributed by atoms with Gasteiger partial charge >= 0.3 is 0 Å². The molecule has 0 N–H and O–H groups in total. The molecule has 0 aliphatic rings. The molecular formula is C6H10N2O2S2.